The first-order chi connectivity index (χ1) is 9.30. The molecule has 20 heavy (non-hydrogen) atoms. The Balaban J connectivity index is 2.35. The average Bonchev–Trinajstić information content (AvgIpc) is 2.57. The predicted molar refractivity (Wildman–Crippen MR) is 80.6 cm³/mol. The highest BCUT2D eigenvalue weighted by Crippen LogP contribution is 2.35. The van der Waals surface area contributed by atoms with Crippen molar-refractivity contribution in [3.63, 3.8) is 0 Å². The maximum Gasteiger partial charge on any atom is 0.228 e. The van der Waals surface area contributed by atoms with Crippen molar-refractivity contribution in [3.05, 3.63) is 16.9 Å². The molecule has 0 N–H and O–H groups in total. The molecular formula is C15H24ClN3O. The van der Waals surface area contributed by atoms with Gasteiger partial charge in [-0.1, -0.05) is 45.2 Å². The monoisotopic (exact) mass is 297 g/mol. The average molecular weight is 298 g/mol. The van der Waals surface area contributed by atoms with Crippen molar-refractivity contribution in [1.82, 2.24) is 14.7 Å². The Hall–Kier alpha value is -1.03. The van der Waals surface area contributed by atoms with Gasteiger partial charge in [0.05, 0.1) is 11.1 Å². The summed E-state index contributed by atoms with van der Waals surface area (Å²) in [5.74, 6) is 0.186. The fourth-order valence-electron chi connectivity index (χ4n) is 2.77. The van der Waals surface area contributed by atoms with E-state index in [0.717, 1.165) is 37.9 Å². The molecule has 0 aromatic carbocycles. The summed E-state index contributed by atoms with van der Waals surface area (Å²) in [6.45, 7) is 6.71. The molecule has 1 aliphatic heterocycles. The van der Waals surface area contributed by atoms with Gasteiger partial charge in [0.1, 0.15) is 5.69 Å². The number of likely N-dealkylation sites (tertiary alicyclic amines) is 1. The molecule has 2 rings (SSSR count). The number of rotatable bonds is 1. The number of amides is 1. The van der Waals surface area contributed by atoms with Crippen molar-refractivity contribution in [1.29, 1.82) is 0 Å². The molecule has 5 heteroatoms. The molecule has 4 nitrogen and oxygen atoms in total. The van der Waals surface area contributed by atoms with E-state index in [1.54, 1.807) is 4.68 Å². The third kappa shape index (κ3) is 3.17. The van der Waals surface area contributed by atoms with Gasteiger partial charge in [0.2, 0.25) is 5.91 Å². The molecule has 1 fully saturated rings. The SMILES string of the molecule is Cn1cc(Cl)c(C2CCCCCN2C(=O)C(C)(C)C)n1. The Bertz CT molecular complexity index is 490. The largest absolute Gasteiger partial charge is 0.334 e. The van der Waals surface area contributed by atoms with Gasteiger partial charge in [-0.25, -0.2) is 0 Å². The van der Waals surface area contributed by atoms with Crippen LogP contribution in [0.2, 0.25) is 5.02 Å². The minimum atomic E-state index is -0.371. The maximum atomic E-state index is 12.7. The van der Waals surface area contributed by atoms with E-state index in [2.05, 4.69) is 5.10 Å². The zero-order valence-electron chi connectivity index (χ0n) is 12.8. The van der Waals surface area contributed by atoms with Crippen LogP contribution < -0.4 is 0 Å². The summed E-state index contributed by atoms with van der Waals surface area (Å²) in [6.07, 6.45) is 6.09. The van der Waals surface area contributed by atoms with Gasteiger partial charge in [-0.05, 0) is 12.8 Å². The molecule has 0 bridgehead atoms. The second kappa shape index (κ2) is 5.76. The van der Waals surface area contributed by atoms with E-state index in [-0.39, 0.29) is 17.4 Å². The third-order valence-electron chi connectivity index (χ3n) is 3.78. The van der Waals surface area contributed by atoms with Crippen molar-refractivity contribution in [2.24, 2.45) is 12.5 Å². The number of carbonyl (C=O) groups excluding carboxylic acids is 1. The highest BCUT2D eigenvalue weighted by atomic mass is 35.5. The Kier molecular flexibility index (Phi) is 4.43. The highest BCUT2D eigenvalue weighted by Gasteiger charge is 2.35. The van der Waals surface area contributed by atoms with Gasteiger partial charge in [0.15, 0.2) is 0 Å². The first-order valence-electron chi connectivity index (χ1n) is 7.31. The maximum absolute atomic E-state index is 12.7. The summed E-state index contributed by atoms with van der Waals surface area (Å²) in [6, 6.07) is 0.0120. The number of aromatic nitrogens is 2. The highest BCUT2D eigenvalue weighted by molar-refractivity contribution is 6.31. The molecule has 0 radical (unpaired) electrons. The van der Waals surface area contributed by atoms with Gasteiger partial charge in [-0.3, -0.25) is 9.48 Å². The third-order valence-corrected chi connectivity index (χ3v) is 4.07. The van der Waals surface area contributed by atoms with E-state index in [1.165, 1.54) is 0 Å². The van der Waals surface area contributed by atoms with E-state index in [0.29, 0.717) is 5.02 Å². The number of carbonyl (C=O) groups is 1. The molecule has 2 heterocycles. The Morgan fingerprint density at radius 1 is 1.35 bits per heavy atom. The molecule has 1 aromatic heterocycles. The molecule has 1 unspecified atom stereocenters. The van der Waals surface area contributed by atoms with Crippen LogP contribution in [0.4, 0.5) is 0 Å². The summed E-state index contributed by atoms with van der Waals surface area (Å²) in [5.41, 5.74) is 0.470. The fraction of sp³-hybridized carbons (Fsp3) is 0.733. The number of hydrogen-bond acceptors (Lipinski definition) is 2. The van der Waals surface area contributed by atoms with Crippen LogP contribution >= 0.6 is 11.6 Å². The lowest BCUT2D eigenvalue weighted by atomic mass is 9.93. The number of aryl methyl sites for hydroxylation is 1. The zero-order chi connectivity index (χ0) is 14.9. The Morgan fingerprint density at radius 2 is 2.05 bits per heavy atom. The Morgan fingerprint density at radius 3 is 2.60 bits per heavy atom. The van der Waals surface area contributed by atoms with Gasteiger partial charge in [0, 0.05) is 25.2 Å². The van der Waals surface area contributed by atoms with Crippen LogP contribution in [0.5, 0.6) is 0 Å². The van der Waals surface area contributed by atoms with Crippen molar-refractivity contribution in [2.75, 3.05) is 6.54 Å². The Labute approximate surface area is 126 Å². The lowest BCUT2D eigenvalue weighted by molar-refractivity contribution is -0.142. The van der Waals surface area contributed by atoms with Crippen LogP contribution in [0.25, 0.3) is 0 Å². The van der Waals surface area contributed by atoms with Crippen LogP contribution in [0, 0.1) is 5.41 Å². The zero-order valence-corrected chi connectivity index (χ0v) is 13.6. The molecule has 1 amide bonds. The smallest absolute Gasteiger partial charge is 0.228 e. The van der Waals surface area contributed by atoms with Crippen LogP contribution in [0.15, 0.2) is 6.20 Å². The topological polar surface area (TPSA) is 38.1 Å². The first kappa shape index (κ1) is 15.4. The summed E-state index contributed by atoms with van der Waals surface area (Å²) in [5, 5.41) is 5.14. The van der Waals surface area contributed by atoms with Gasteiger partial charge >= 0.3 is 0 Å². The fourth-order valence-corrected chi connectivity index (χ4v) is 3.07. The number of halogens is 1. The molecule has 1 aromatic rings. The lowest BCUT2D eigenvalue weighted by Gasteiger charge is -2.34. The van der Waals surface area contributed by atoms with Gasteiger partial charge < -0.3 is 4.90 Å². The second-order valence-electron chi connectivity index (χ2n) is 6.65. The first-order valence-corrected chi connectivity index (χ1v) is 7.68. The number of hydrogen-bond donors (Lipinski definition) is 0. The van der Waals surface area contributed by atoms with Crippen molar-refractivity contribution >= 4 is 17.5 Å². The van der Waals surface area contributed by atoms with Crippen LogP contribution in [-0.4, -0.2) is 27.1 Å². The molecule has 1 atom stereocenters. The van der Waals surface area contributed by atoms with E-state index in [1.807, 2.05) is 38.9 Å². The molecule has 0 saturated carbocycles. The van der Waals surface area contributed by atoms with Crippen molar-refractivity contribution in [3.8, 4) is 0 Å². The molecular weight excluding hydrogens is 274 g/mol. The minimum absolute atomic E-state index is 0.0120. The normalized spacial score (nSPS) is 20.9. The quantitative estimate of drug-likeness (QED) is 0.795. The molecule has 1 saturated heterocycles. The standard InChI is InChI=1S/C15H24ClN3O/c1-15(2,3)14(20)19-9-7-5-6-8-12(19)13-11(16)10-18(4)17-13/h10,12H,5-9H2,1-4H3. The van der Waals surface area contributed by atoms with E-state index < -0.39 is 0 Å². The van der Waals surface area contributed by atoms with Crippen molar-refractivity contribution in [2.45, 2.75) is 52.5 Å². The second-order valence-corrected chi connectivity index (χ2v) is 7.06. The van der Waals surface area contributed by atoms with Crippen LogP contribution in [0.1, 0.15) is 58.2 Å². The summed E-state index contributed by atoms with van der Waals surface area (Å²) < 4.78 is 1.72. The van der Waals surface area contributed by atoms with Gasteiger partial charge in [0.25, 0.3) is 0 Å². The predicted octanol–water partition coefficient (Wildman–Crippen LogP) is 3.56. The van der Waals surface area contributed by atoms with E-state index >= 15 is 0 Å². The molecule has 0 aliphatic carbocycles. The summed E-state index contributed by atoms with van der Waals surface area (Å²) in [4.78, 5) is 14.7. The van der Waals surface area contributed by atoms with Gasteiger partial charge in [-0.15, -0.1) is 0 Å². The molecule has 0 spiro atoms. The minimum Gasteiger partial charge on any atom is -0.334 e. The van der Waals surface area contributed by atoms with E-state index in [9.17, 15) is 4.79 Å². The number of nitrogens with zero attached hydrogens (tertiary/aromatic N) is 3. The van der Waals surface area contributed by atoms with Crippen LogP contribution in [-0.2, 0) is 11.8 Å². The van der Waals surface area contributed by atoms with Crippen molar-refractivity contribution < 1.29 is 4.79 Å². The lowest BCUT2D eigenvalue weighted by Crippen LogP contribution is -2.42. The molecule has 1 aliphatic rings. The summed E-state index contributed by atoms with van der Waals surface area (Å²) >= 11 is 6.29. The van der Waals surface area contributed by atoms with E-state index in [4.69, 9.17) is 11.6 Å². The van der Waals surface area contributed by atoms with Crippen LogP contribution in [0.3, 0.4) is 0 Å². The molecule has 112 valence electrons. The summed E-state index contributed by atoms with van der Waals surface area (Å²) in [7, 11) is 1.86. The van der Waals surface area contributed by atoms with Gasteiger partial charge in [-0.2, -0.15) is 5.10 Å².